The number of thioether (sulfide) groups is 1. The predicted octanol–water partition coefficient (Wildman–Crippen LogP) is 3.03. The molecule has 0 radical (unpaired) electrons. The molecule has 0 bridgehead atoms. The smallest absolute Gasteiger partial charge is 0.326 e. The van der Waals surface area contributed by atoms with E-state index in [1.165, 1.54) is 11.0 Å². The molecule has 0 spiro atoms. The minimum Gasteiger partial charge on any atom is -0.488 e. The lowest BCUT2D eigenvalue weighted by Crippen LogP contribution is -2.43. The van der Waals surface area contributed by atoms with Crippen molar-refractivity contribution in [3.63, 3.8) is 0 Å². The van der Waals surface area contributed by atoms with Crippen LogP contribution in [0.15, 0.2) is 76.5 Å². The molecule has 1 amide bonds. The van der Waals surface area contributed by atoms with Gasteiger partial charge in [0.15, 0.2) is 0 Å². The number of benzene rings is 3. The lowest BCUT2D eigenvalue weighted by molar-refractivity contribution is -0.149. The molecule has 5 N–H and O–H groups in total. The first kappa shape index (κ1) is 33.7. The molecule has 3 unspecified atom stereocenters. The van der Waals surface area contributed by atoms with Gasteiger partial charge in [-0.2, -0.15) is 4.72 Å². The summed E-state index contributed by atoms with van der Waals surface area (Å²) < 4.78 is 58.0. The Hall–Kier alpha value is -3.67. The molecule has 46 heavy (non-hydrogen) atoms. The van der Waals surface area contributed by atoms with Crippen molar-refractivity contribution in [3.8, 4) is 5.75 Å². The fourth-order valence-electron chi connectivity index (χ4n) is 5.15. The molecule has 3 aromatic rings. The van der Waals surface area contributed by atoms with Gasteiger partial charge in [-0.1, -0.05) is 72.8 Å². The number of nitrogens with zero attached hydrogens (tertiary/aromatic N) is 1. The Morgan fingerprint density at radius 2 is 1.80 bits per heavy atom. The fraction of sp³-hybridized carbons (Fsp3) is 0.276. The van der Waals surface area contributed by atoms with E-state index < -0.39 is 61.0 Å². The maximum absolute atomic E-state index is 13.2. The number of rotatable bonds is 9. The second kappa shape index (κ2) is 13.2. The molecule has 0 aromatic heterocycles. The van der Waals surface area contributed by atoms with Crippen LogP contribution in [-0.2, 0) is 29.6 Å². The van der Waals surface area contributed by atoms with E-state index in [1.54, 1.807) is 61.5 Å². The Morgan fingerprint density at radius 1 is 1.13 bits per heavy atom. The zero-order chi connectivity index (χ0) is 33.4. The van der Waals surface area contributed by atoms with Gasteiger partial charge < -0.3 is 20.1 Å². The van der Waals surface area contributed by atoms with Crippen molar-refractivity contribution >= 4 is 66.1 Å². The van der Waals surface area contributed by atoms with Crippen LogP contribution in [0.1, 0.15) is 35.4 Å². The van der Waals surface area contributed by atoms with E-state index in [0.717, 1.165) is 17.8 Å². The normalized spacial score (nSPS) is 21.1. The van der Waals surface area contributed by atoms with Gasteiger partial charge in [0.25, 0.3) is 0 Å². The van der Waals surface area contributed by atoms with Crippen LogP contribution < -0.4 is 19.9 Å². The number of hydrogen-bond donors (Lipinski definition) is 4. The monoisotopic (exact) mass is 708 g/mol. The van der Waals surface area contributed by atoms with E-state index in [2.05, 4.69) is 10.0 Å². The number of carboxylic acids is 1. The molecule has 13 nitrogen and oxygen atoms in total. The third-order valence-electron chi connectivity index (χ3n) is 7.45. The van der Waals surface area contributed by atoms with Crippen molar-refractivity contribution in [1.82, 2.24) is 9.62 Å². The first-order valence-corrected chi connectivity index (χ1v) is 18.2. The van der Waals surface area contributed by atoms with Gasteiger partial charge in [-0.25, -0.2) is 26.8 Å². The zero-order valence-corrected chi connectivity index (χ0v) is 27.3. The number of likely N-dealkylation sites (tertiary alicyclic amines) is 1. The number of primary sulfonamides is 1. The van der Waals surface area contributed by atoms with Crippen LogP contribution in [0.4, 0.5) is 5.69 Å². The van der Waals surface area contributed by atoms with Gasteiger partial charge in [-0.05, 0) is 29.8 Å². The summed E-state index contributed by atoms with van der Waals surface area (Å²) >= 11 is 7.06. The average molecular weight is 709 g/mol. The Bertz CT molecular complexity index is 1890. The number of carboxylic acid groups (broad SMARTS) is 1. The third-order valence-corrected chi connectivity index (χ3v) is 11.4. The highest BCUT2D eigenvalue weighted by atomic mass is 35.5. The summed E-state index contributed by atoms with van der Waals surface area (Å²) in [6.45, 7) is 1.68. The predicted molar refractivity (Wildman–Crippen MR) is 171 cm³/mol. The minimum atomic E-state index is -4.27. The van der Waals surface area contributed by atoms with E-state index >= 15 is 0 Å². The van der Waals surface area contributed by atoms with E-state index in [0.29, 0.717) is 16.9 Å². The van der Waals surface area contributed by atoms with Crippen LogP contribution in [0.2, 0.25) is 5.02 Å². The second-order valence-electron chi connectivity index (χ2n) is 10.8. The van der Waals surface area contributed by atoms with Crippen molar-refractivity contribution in [1.29, 1.82) is 0 Å². The van der Waals surface area contributed by atoms with Gasteiger partial charge in [0.1, 0.15) is 33.9 Å². The highest BCUT2D eigenvalue weighted by molar-refractivity contribution is 8.14. The molecular formula is C29H29ClN4O9S3. The third kappa shape index (κ3) is 7.32. The quantitative estimate of drug-likeness (QED) is 0.255. The Balaban J connectivity index is 1.23. The molecule has 4 atom stereocenters. The number of carbonyl (C=O) groups excluding carboxylic acids is 2. The summed E-state index contributed by atoms with van der Waals surface area (Å²) in [7, 11) is -8.43. The molecular weight excluding hydrogens is 680 g/mol. The summed E-state index contributed by atoms with van der Waals surface area (Å²) in [4.78, 5) is 38.1. The lowest BCUT2D eigenvalue weighted by Gasteiger charge is -2.29. The number of halogens is 1. The Morgan fingerprint density at radius 3 is 2.43 bits per heavy atom. The fourth-order valence-corrected chi connectivity index (χ4v) is 8.48. The van der Waals surface area contributed by atoms with Crippen molar-refractivity contribution in [2.75, 3.05) is 17.6 Å². The average Bonchev–Trinajstić information content (AvgIpc) is 3.43. The second-order valence-corrected chi connectivity index (χ2v) is 15.4. The lowest BCUT2D eigenvalue weighted by atomic mass is 10.1. The number of amides is 1. The van der Waals surface area contributed by atoms with Crippen molar-refractivity contribution < 1.29 is 41.1 Å². The van der Waals surface area contributed by atoms with Crippen molar-refractivity contribution in [2.45, 2.75) is 41.4 Å². The molecule has 1 fully saturated rings. The van der Waals surface area contributed by atoms with Gasteiger partial charge in [0, 0.05) is 23.7 Å². The van der Waals surface area contributed by atoms with Gasteiger partial charge >= 0.3 is 5.97 Å². The van der Waals surface area contributed by atoms with Crippen molar-refractivity contribution in [3.05, 3.63) is 82.9 Å². The van der Waals surface area contributed by atoms with Crippen LogP contribution >= 0.6 is 23.4 Å². The Kier molecular flexibility index (Phi) is 9.68. The minimum absolute atomic E-state index is 0.0290. The number of nitrogens with one attached hydrogen (secondary N) is 2. The summed E-state index contributed by atoms with van der Waals surface area (Å²) in [6, 6.07) is 16.0. The van der Waals surface area contributed by atoms with Crippen LogP contribution in [0.5, 0.6) is 5.75 Å². The Labute approximate surface area is 274 Å². The number of fused-ring (bicyclic) bond motifs is 1. The molecule has 17 heteroatoms. The zero-order valence-electron chi connectivity index (χ0n) is 24.1. The van der Waals surface area contributed by atoms with E-state index in [9.17, 15) is 36.3 Å². The van der Waals surface area contributed by atoms with Crippen molar-refractivity contribution in [2.24, 2.45) is 11.1 Å². The molecule has 3 aromatic carbocycles. The standard InChI is InChI=1S/C29H29ClN4O9S3/c1-16(15-44-29(38)18-5-3-2-4-6-18)27(35)34-14-20(11-23(34)28(36)37)43-19-9-7-17(8-10-19)26-32-22-12-21(30)24(45(31,39)40)13-25(22)46(41,42)33-26/h2-10,12-13,16,20,23,26,32-33H,11,14-15H2,1H3,(H,36,37)(H2,31,39,40)/t16?,20?,23-,26?/m0/s1. The molecule has 0 saturated carbocycles. The SMILES string of the molecule is CC(CSC(=O)c1ccccc1)C(=O)N1CC(Oc2ccc(C3Nc4cc(Cl)c(S(N)(=O)=O)cc4S(=O)(=O)N3)cc2)C[C@H]1C(=O)O. The molecule has 2 aliphatic heterocycles. The van der Waals surface area contributed by atoms with E-state index in [4.69, 9.17) is 21.5 Å². The first-order chi connectivity index (χ1) is 21.6. The number of anilines is 1. The van der Waals surface area contributed by atoms with Gasteiger partial charge in [-0.3, -0.25) is 9.59 Å². The molecule has 1 saturated heterocycles. The number of carbonyl (C=O) groups is 3. The van der Waals surface area contributed by atoms with Gasteiger partial charge in [-0.15, -0.1) is 0 Å². The van der Waals surface area contributed by atoms with Gasteiger partial charge in [0.2, 0.25) is 31.1 Å². The summed E-state index contributed by atoms with van der Waals surface area (Å²) in [6.07, 6.45) is -1.52. The molecule has 5 rings (SSSR count). The van der Waals surface area contributed by atoms with Crippen LogP contribution in [-0.4, -0.2) is 68.3 Å². The van der Waals surface area contributed by atoms with Crippen LogP contribution in [0.3, 0.4) is 0 Å². The van der Waals surface area contributed by atoms with Gasteiger partial charge in [0.05, 0.1) is 17.3 Å². The molecule has 0 aliphatic carbocycles. The number of ether oxygens (including phenoxy) is 1. The number of nitrogens with two attached hydrogens (primary N) is 1. The summed E-state index contributed by atoms with van der Waals surface area (Å²) in [5, 5.41) is 17.5. The number of aliphatic carboxylic acids is 1. The first-order valence-electron chi connectivity index (χ1n) is 13.8. The highest BCUT2D eigenvalue weighted by Crippen LogP contribution is 2.37. The largest absolute Gasteiger partial charge is 0.488 e. The maximum Gasteiger partial charge on any atom is 0.326 e. The maximum atomic E-state index is 13.2. The van der Waals surface area contributed by atoms with Crippen LogP contribution in [0.25, 0.3) is 0 Å². The number of sulfonamides is 2. The number of hydrogen-bond acceptors (Lipinski definition) is 10. The molecule has 2 heterocycles. The van der Waals surface area contributed by atoms with Crippen LogP contribution in [0, 0.1) is 5.92 Å². The highest BCUT2D eigenvalue weighted by Gasteiger charge is 2.42. The van der Waals surface area contributed by atoms with E-state index in [-0.39, 0.29) is 39.4 Å². The summed E-state index contributed by atoms with van der Waals surface area (Å²) in [5.41, 5.74) is 1.08. The van der Waals surface area contributed by atoms with E-state index in [1.807, 2.05) is 0 Å². The molecule has 244 valence electrons. The topological polar surface area (TPSA) is 202 Å². The molecule has 2 aliphatic rings. The summed E-state index contributed by atoms with van der Waals surface area (Å²) in [5.74, 6) is -1.62.